The maximum absolute atomic E-state index is 13.4. The van der Waals surface area contributed by atoms with Crippen LogP contribution in [-0.4, -0.2) is 83.4 Å². The van der Waals surface area contributed by atoms with Gasteiger partial charge in [0.25, 0.3) is 0 Å². The number of benzene rings is 2. The van der Waals surface area contributed by atoms with Crippen LogP contribution in [0.15, 0.2) is 48.5 Å². The first-order valence-electron chi connectivity index (χ1n) is 19.4. The van der Waals surface area contributed by atoms with E-state index in [1.807, 2.05) is 47.4 Å². The molecule has 49 heavy (non-hydrogen) atoms. The van der Waals surface area contributed by atoms with Gasteiger partial charge in [0.1, 0.15) is 18.5 Å². The predicted molar refractivity (Wildman–Crippen MR) is 191 cm³/mol. The smallest absolute Gasteiger partial charge is 0.410 e. The van der Waals surface area contributed by atoms with Crippen molar-refractivity contribution >= 4 is 6.09 Å². The molecule has 2 aromatic carbocycles. The summed E-state index contributed by atoms with van der Waals surface area (Å²) < 4.78 is 18.0. The summed E-state index contributed by atoms with van der Waals surface area (Å²) in [7, 11) is 0. The van der Waals surface area contributed by atoms with Gasteiger partial charge in [-0.3, -0.25) is 0 Å². The number of ether oxygens (including phenoxy) is 3. The Labute approximate surface area is 294 Å². The van der Waals surface area contributed by atoms with Crippen molar-refractivity contribution in [3.63, 3.8) is 0 Å². The summed E-state index contributed by atoms with van der Waals surface area (Å²) in [6, 6.07) is 16.6. The van der Waals surface area contributed by atoms with Gasteiger partial charge in [0.15, 0.2) is 6.29 Å². The first kappa shape index (κ1) is 36.2. The second-order valence-electron chi connectivity index (χ2n) is 15.1. The molecule has 0 aromatic heterocycles. The van der Waals surface area contributed by atoms with Gasteiger partial charge in [-0.15, -0.1) is 0 Å². The molecular weight excluding hydrogens is 616 g/mol. The SMILES string of the molecule is CCCCC[C@@H](CC[C@@H]1[C@H]2Cc3cccc(OCC(O)OCc4ccccc4)c3C[C@H]2C[C@H]1O)OC(=O)N1CCC(N2CCCCC2)CC1. The number of likely N-dealkylation sites (tertiary alicyclic amines) is 2. The van der Waals surface area contributed by atoms with Crippen molar-refractivity contribution in [1.82, 2.24) is 9.80 Å². The van der Waals surface area contributed by atoms with Gasteiger partial charge in [-0.05, 0) is 124 Å². The van der Waals surface area contributed by atoms with E-state index in [2.05, 4.69) is 17.9 Å². The topological polar surface area (TPSA) is 91.7 Å². The average Bonchev–Trinajstić information content (AvgIpc) is 3.45. The molecule has 1 saturated carbocycles. The van der Waals surface area contributed by atoms with Crippen LogP contribution in [0.1, 0.15) is 101 Å². The van der Waals surface area contributed by atoms with E-state index in [0.29, 0.717) is 24.5 Å². The highest BCUT2D eigenvalue weighted by atomic mass is 16.6. The summed E-state index contributed by atoms with van der Waals surface area (Å²) in [6.45, 7) is 6.60. The molecule has 270 valence electrons. The molecule has 8 nitrogen and oxygen atoms in total. The second kappa shape index (κ2) is 18.0. The molecule has 2 aliphatic carbocycles. The van der Waals surface area contributed by atoms with Crippen molar-refractivity contribution in [3.05, 3.63) is 65.2 Å². The Kier molecular flexibility index (Phi) is 13.3. The van der Waals surface area contributed by atoms with Gasteiger partial charge < -0.3 is 34.2 Å². The van der Waals surface area contributed by atoms with Crippen LogP contribution in [0.3, 0.4) is 0 Å². The zero-order valence-electron chi connectivity index (χ0n) is 29.7. The van der Waals surface area contributed by atoms with E-state index in [1.165, 1.54) is 43.5 Å². The average molecular weight is 677 g/mol. The first-order valence-corrected chi connectivity index (χ1v) is 19.4. The number of piperidine rings is 2. The fourth-order valence-electron chi connectivity index (χ4n) is 9.09. The number of nitrogens with zero attached hydrogens (tertiary/aromatic N) is 2. The Balaban J connectivity index is 1.00. The summed E-state index contributed by atoms with van der Waals surface area (Å²) >= 11 is 0. The molecule has 3 fully saturated rings. The number of aliphatic hydroxyl groups excluding tert-OH is 2. The molecule has 1 unspecified atom stereocenters. The maximum atomic E-state index is 13.4. The lowest BCUT2D eigenvalue weighted by Crippen LogP contribution is -2.48. The number of hydrogen-bond donors (Lipinski definition) is 2. The van der Waals surface area contributed by atoms with Crippen LogP contribution < -0.4 is 4.74 Å². The van der Waals surface area contributed by atoms with E-state index in [0.717, 1.165) is 95.0 Å². The number of carbonyl (C=O) groups excluding carboxylic acids is 1. The molecule has 6 rings (SSSR count). The quantitative estimate of drug-likeness (QED) is 0.153. The van der Waals surface area contributed by atoms with Crippen LogP contribution in [0.2, 0.25) is 0 Å². The van der Waals surface area contributed by atoms with E-state index in [4.69, 9.17) is 14.2 Å². The molecule has 2 aromatic rings. The third-order valence-electron chi connectivity index (χ3n) is 11.9. The van der Waals surface area contributed by atoms with E-state index in [1.54, 1.807) is 0 Å². The standard InChI is InChI=1S/C41H60N2O6/c1-2-3-6-15-34(49-41(46)43-23-19-33(20-24-43)42-21-9-5-10-22-42)17-18-35-36-25-31-14-11-16-39(37(31)26-32(36)27-38(35)44)47-29-40(45)48-28-30-12-7-4-8-13-30/h4,7-8,11-14,16,32-36,38,40,44-45H,2-3,5-6,9-10,15,17-29H2,1H3/t32-,34-,35+,36-,38+,40?/m0/s1. The third kappa shape index (κ3) is 9.78. The Morgan fingerprint density at radius 3 is 2.51 bits per heavy atom. The summed E-state index contributed by atoms with van der Waals surface area (Å²) in [4.78, 5) is 18.0. The Hall–Kier alpha value is -2.65. The summed E-state index contributed by atoms with van der Waals surface area (Å²) in [5.41, 5.74) is 3.48. The van der Waals surface area contributed by atoms with Crippen molar-refractivity contribution in [2.24, 2.45) is 17.8 Å². The summed E-state index contributed by atoms with van der Waals surface area (Å²) in [5, 5.41) is 21.8. The number of unbranched alkanes of at least 4 members (excludes halogenated alkanes) is 2. The van der Waals surface area contributed by atoms with Crippen molar-refractivity contribution in [3.8, 4) is 5.75 Å². The van der Waals surface area contributed by atoms with Crippen molar-refractivity contribution in [2.75, 3.05) is 32.8 Å². The van der Waals surface area contributed by atoms with Gasteiger partial charge in [-0.1, -0.05) is 68.7 Å². The highest BCUT2D eigenvalue weighted by Crippen LogP contribution is 2.48. The molecule has 8 heteroatoms. The van der Waals surface area contributed by atoms with Crippen LogP contribution in [0.25, 0.3) is 0 Å². The van der Waals surface area contributed by atoms with Crippen molar-refractivity contribution < 1.29 is 29.2 Å². The first-order chi connectivity index (χ1) is 24.0. The van der Waals surface area contributed by atoms with Gasteiger partial charge in [0, 0.05) is 19.1 Å². The molecular formula is C41H60N2O6. The molecule has 6 atom stereocenters. The lowest BCUT2D eigenvalue weighted by Gasteiger charge is -2.40. The van der Waals surface area contributed by atoms with Crippen LogP contribution in [0.4, 0.5) is 4.79 Å². The number of carbonyl (C=O) groups is 1. The highest BCUT2D eigenvalue weighted by molar-refractivity contribution is 5.68. The minimum atomic E-state index is -1.02. The zero-order chi connectivity index (χ0) is 34.0. The molecule has 1 amide bonds. The van der Waals surface area contributed by atoms with Crippen molar-refractivity contribution in [1.29, 1.82) is 0 Å². The zero-order valence-corrected chi connectivity index (χ0v) is 29.7. The van der Waals surface area contributed by atoms with Gasteiger partial charge in [0.2, 0.25) is 0 Å². The predicted octanol–water partition coefficient (Wildman–Crippen LogP) is 7.13. The summed E-state index contributed by atoms with van der Waals surface area (Å²) in [5.74, 6) is 1.79. The molecule has 2 aliphatic heterocycles. The van der Waals surface area contributed by atoms with E-state index >= 15 is 0 Å². The van der Waals surface area contributed by atoms with Gasteiger partial charge >= 0.3 is 6.09 Å². The minimum absolute atomic E-state index is 0.0667. The Bertz CT molecular complexity index is 1290. The van der Waals surface area contributed by atoms with E-state index < -0.39 is 6.29 Å². The molecule has 2 saturated heterocycles. The molecule has 4 aliphatic rings. The van der Waals surface area contributed by atoms with Crippen LogP contribution in [0, 0.1) is 17.8 Å². The fourth-order valence-corrected chi connectivity index (χ4v) is 9.09. The summed E-state index contributed by atoms with van der Waals surface area (Å²) in [6.07, 6.45) is 12.9. The normalized spacial score (nSPS) is 25.7. The molecule has 0 bridgehead atoms. The third-order valence-corrected chi connectivity index (χ3v) is 11.9. The number of amides is 1. The highest BCUT2D eigenvalue weighted by Gasteiger charge is 2.45. The van der Waals surface area contributed by atoms with Crippen molar-refractivity contribution in [2.45, 2.75) is 128 Å². The fraction of sp³-hybridized carbons (Fsp3) is 0.683. The van der Waals surface area contributed by atoms with Crippen LogP contribution in [-0.2, 0) is 28.9 Å². The number of rotatable bonds is 15. The Morgan fingerprint density at radius 1 is 0.939 bits per heavy atom. The lowest BCUT2D eigenvalue weighted by molar-refractivity contribution is -0.127. The molecule has 2 N–H and O–H groups in total. The van der Waals surface area contributed by atoms with Gasteiger partial charge in [0.05, 0.1) is 12.7 Å². The monoisotopic (exact) mass is 676 g/mol. The van der Waals surface area contributed by atoms with E-state index in [-0.39, 0.29) is 30.8 Å². The van der Waals surface area contributed by atoms with Crippen LogP contribution in [0.5, 0.6) is 5.75 Å². The molecule has 2 heterocycles. The van der Waals surface area contributed by atoms with Crippen LogP contribution >= 0.6 is 0 Å². The number of hydrogen-bond acceptors (Lipinski definition) is 7. The van der Waals surface area contributed by atoms with E-state index in [9.17, 15) is 15.0 Å². The minimum Gasteiger partial charge on any atom is -0.488 e. The van der Waals surface area contributed by atoms with Gasteiger partial charge in [-0.2, -0.15) is 0 Å². The molecule has 0 spiro atoms. The van der Waals surface area contributed by atoms with Gasteiger partial charge in [-0.25, -0.2) is 4.79 Å². The molecule has 0 radical (unpaired) electrons. The maximum Gasteiger partial charge on any atom is 0.410 e. The number of fused-ring (bicyclic) bond motifs is 2. The lowest BCUT2D eigenvalue weighted by atomic mass is 9.73. The second-order valence-corrected chi connectivity index (χ2v) is 15.1. The Morgan fingerprint density at radius 2 is 1.73 bits per heavy atom. The largest absolute Gasteiger partial charge is 0.488 e. The number of aliphatic hydroxyl groups is 2.